The molecule has 0 spiro atoms. The lowest BCUT2D eigenvalue weighted by atomic mass is 9.95. The van der Waals surface area contributed by atoms with Gasteiger partial charge in [0.15, 0.2) is 0 Å². The molecule has 0 atom stereocenters. The number of hydrogen-bond donors (Lipinski definition) is 4. The molecule has 0 saturated carbocycles. The normalized spacial score (nSPS) is 14.0. The zero-order chi connectivity index (χ0) is 20.4. The summed E-state index contributed by atoms with van der Waals surface area (Å²) in [5, 5.41) is 29.3. The van der Waals surface area contributed by atoms with Gasteiger partial charge >= 0.3 is 0 Å². The molecule has 8 heteroatoms. The number of amides is 2. The standard InChI is InChI=1S/C21H22N4O4/c26-12-17-7-14(2-4-19(17)27)20(28)22-6-5-13-10-25(11-13)21(29)15-1-3-18-16(8-15)9-23-24-18/h1-4,7-9,13,26-27H,5-6,10-12H2,(H,22,28)(H,23,24). The Morgan fingerprint density at radius 1 is 1.17 bits per heavy atom. The highest BCUT2D eigenvalue weighted by atomic mass is 16.3. The Balaban J connectivity index is 1.23. The van der Waals surface area contributed by atoms with Gasteiger partial charge in [0.2, 0.25) is 0 Å². The molecule has 150 valence electrons. The lowest BCUT2D eigenvalue weighted by Crippen LogP contribution is -2.50. The van der Waals surface area contributed by atoms with Gasteiger partial charge < -0.3 is 20.4 Å². The first kappa shape index (κ1) is 18.9. The zero-order valence-electron chi connectivity index (χ0n) is 15.8. The van der Waals surface area contributed by atoms with Crippen LogP contribution in [0, 0.1) is 5.92 Å². The van der Waals surface area contributed by atoms with Crippen molar-refractivity contribution in [3.63, 3.8) is 0 Å². The Labute approximate surface area is 167 Å². The van der Waals surface area contributed by atoms with Crippen LogP contribution in [0.2, 0.25) is 0 Å². The number of carbonyl (C=O) groups excluding carboxylic acids is 2. The van der Waals surface area contributed by atoms with E-state index in [0.717, 1.165) is 17.3 Å². The molecule has 0 aliphatic carbocycles. The monoisotopic (exact) mass is 394 g/mol. The highest BCUT2D eigenvalue weighted by molar-refractivity contribution is 5.98. The Morgan fingerprint density at radius 2 is 1.97 bits per heavy atom. The lowest BCUT2D eigenvalue weighted by molar-refractivity contribution is 0.0483. The molecule has 2 amide bonds. The number of rotatable bonds is 6. The second-order valence-corrected chi connectivity index (χ2v) is 7.29. The summed E-state index contributed by atoms with van der Waals surface area (Å²) in [5.41, 5.74) is 2.27. The Bertz CT molecular complexity index is 1060. The van der Waals surface area contributed by atoms with Crippen LogP contribution in [0.3, 0.4) is 0 Å². The minimum Gasteiger partial charge on any atom is -0.508 e. The fraction of sp³-hybridized carbons (Fsp3) is 0.286. The van der Waals surface area contributed by atoms with Crippen LogP contribution in [0.15, 0.2) is 42.6 Å². The minimum atomic E-state index is -0.327. The number of nitrogens with one attached hydrogen (secondary N) is 2. The molecular formula is C21H22N4O4. The molecule has 4 rings (SSSR count). The fourth-order valence-corrected chi connectivity index (χ4v) is 3.52. The molecule has 4 N–H and O–H groups in total. The average molecular weight is 394 g/mol. The van der Waals surface area contributed by atoms with E-state index < -0.39 is 0 Å². The van der Waals surface area contributed by atoms with Crippen molar-refractivity contribution >= 4 is 22.7 Å². The number of hydrogen-bond acceptors (Lipinski definition) is 5. The van der Waals surface area contributed by atoms with Crippen molar-refractivity contribution in [3.8, 4) is 5.75 Å². The first-order valence-corrected chi connectivity index (χ1v) is 9.48. The van der Waals surface area contributed by atoms with Crippen molar-refractivity contribution < 1.29 is 19.8 Å². The van der Waals surface area contributed by atoms with Crippen molar-refractivity contribution in [2.75, 3.05) is 19.6 Å². The quantitative estimate of drug-likeness (QED) is 0.507. The van der Waals surface area contributed by atoms with Crippen molar-refractivity contribution in [2.24, 2.45) is 5.92 Å². The molecule has 1 saturated heterocycles. The molecule has 1 aliphatic heterocycles. The van der Waals surface area contributed by atoms with Crippen LogP contribution in [-0.2, 0) is 6.61 Å². The second kappa shape index (κ2) is 7.92. The summed E-state index contributed by atoms with van der Waals surface area (Å²) >= 11 is 0. The van der Waals surface area contributed by atoms with E-state index in [-0.39, 0.29) is 24.2 Å². The van der Waals surface area contributed by atoms with Gasteiger partial charge in [0, 0.05) is 41.7 Å². The highest BCUT2D eigenvalue weighted by Gasteiger charge is 2.31. The van der Waals surface area contributed by atoms with E-state index in [4.69, 9.17) is 0 Å². The number of phenols is 1. The summed E-state index contributed by atoms with van der Waals surface area (Å²) in [5.74, 6) is 0.0781. The average Bonchev–Trinajstić information content (AvgIpc) is 3.17. The van der Waals surface area contributed by atoms with E-state index in [1.54, 1.807) is 17.2 Å². The molecular weight excluding hydrogens is 372 g/mol. The Morgan fingerprint density at radius 3 is 2.76 bits per heavy atom. The number of aromatic amines is 1. The zero-order valence-corrected chi connectivity index (χ0v) is 15.8. The van der Waals surface area contributed by atoms with Gasteiger partial charge in [-0.25, -0.2) is 0 Å². The predicted octanol–water partition coefficient (Wildman–Crippen LogP) is 1.65. The summed E-state index contributed by atoms with van der Waals surface area (Å²) < 4.78 is 0. The van der Waals surface area contributed by atoms with E-state index in [9.17, 15) is 19.8 Å². The number of benzene rings is 2. The molecule has 0 radical (unpaired) electrons. The maximum Gasteiger partial charge on any atom is 0.253 e. The molecule has 1 aromatic heterocycles. The van der Waals surface area contributed by atoms with Gasteiger partial charge in [-0.05, 0) is 48.7 Å². The molecule has 29 heavy (non-hydrogen) atoms. The number of likely N-dealkylation sites (tertiary alicyclic amines) is 1. The van der Waals surface area contributed by atoms with Crippen LogP contribution in [0.4, 0.5) is 0 Å². The Hall–Kier alpha value is -3.39. The summed E-state index contributed by atoms with van der Waals surface area (Å²) in [6.07, 6.45) is 2.48. The van der Waals surface area contributed by atoms with Crippen LogP contribution in [-0.4, -0.2) is 56.8 Å². The predicted molar refractivity (Wildman–Crippen MR) is 106 cm³/mol. The lowest BCUT2D eigenvalue weighted by Gasteiger charge is -2.39. The molecule has 1 fully saturated rings. The minimum absolute atomic E-state index is 0.00834. The van der Waals surface area contributed by atoms with Crippen LogP contribution in [0.5, 0.6) is 5.75 Å². The third kappa shape index (κ3) is 3.93. The van der Waals surface area contributed by atoms with Crippen molar-refractivity contribution in [2.45, 2.75) is 13.0 Å². The number of aliphatic hydroxyl groups excluding tert-OH is 1. The van der Waals surface area contributed by atoms with Crippen LogP contribution in [0.25, 0.3) is 10.9 Å². The van der Waals surface area contributed by atoms with Gasteiger partial charge in [0.25, 0.3) is 11.8 Å². The van der Waals surface area contributed by atoms with Crippen molar-refractivity contribution in [1.82, 2.24) is 20.4 Å². The molecule has 8 nitrogen and oxygen atoms in total. The van der Waals surface area contributed by atoms with Crippen molar-refractivity contribution in [3.05, 3.63) is 59.3 Å². The van der Waals surface area contributed by atoms with Gasteiger partial charge in [-0.2, -0.15) is 5.10 Å². The summed E-state index contributed by atoms with van der Waals surface area (Å²) in [6.45, 7) is 1.52. The van der Waals surface area contributed by atoms with Gasteiger partial charge in [0.1, 0.15) is 5.75 Å². The first-order valence-electron chi connectivity index (χ1n) is 9.48. The Kier molecular flexibility index (Phi) is 5.18. The van der Waals surface area contributed by atoms with E-state index in [0.29, 0.717) is 42.2 Å². The van der Waals surface area contributed by atoms with Crippen molar-refractivity contribution in [1.29, 1.82) is 0 Å². The van der Waals surface area contributed by atoms with Crippen LogP contribution in [0.1, 0.15) is 32.7 Å². The number of carbonyl (C=O) groups is 2. The summed E-state index contributed by atoms with van der Waals surface area (Å²) in [4.78, 5) is 26.6. The summed E-state index contributed by atoms with van der Waals surface area (Å²) in [6, 6.07) is 9.89. The topological polar surface area (TPSA) is 119 Å². The number of aromatic hydroxyl groups is 1. The molecule has 2 aromatic carbocycles. The smallest absolute Gasteiger partial charge is 0.253 e. The molecule has 0 bridgehead atoms. The van der Waals surface area contributed by atoms with Gasteiger partial charge in [-0.1, -0.05) is 0 Å². The number of H-pyrrole nitrogens is 1. The first-order chi connectivity index (χ1) is 14.0. The highest BCUT2D eigenvalue weighted by Crippen LogP contribution is 2.23. The number of fused-ring (bicyclic) bond motifs is 1. The maximum absolute atomic E-state index is 12.6. The largest absolute Gasteiger partial charge is 0.508 e. The van der Waals surface area contributed by atoms with Gasteiger partial charge in [-0.15, -0.1) is 0 Å². The molecule has 2 heterocycles. The third-order valence-electron chi connectivity index (χ3n) is 5.28. The van der Waals surface area contributed by atoms with Gasteiger partial charge in [-0.3, -0.25) is 14.7 Å². The van der Waals surface area contributed by atoms with Gasteiger partial charge in [0.05, 0.1) is 18.3 Å². The molecule has 1 aliphatic rings. The van der Waals surface area contributed by atoms with E-state index in [1.165, 1.54) is 18.2 Å². The van der Waals surface area contributed by atoms with Crippen LogP contribution < -0.4 is 5.32 Å². The van der Waals surface area contributed by atoms with E-state index >= 15 is 0 Å². The number of nitrogens with zero attached hydrogens (tertiary/aromatic N) is 2. The number of aromatic nitrogens is 2. The molecule has 0 unspecified atom stereocenters. The van der Waals surface area contributed by atoms with Crippen LogP contribution >= 0.6 is 0 Å². The SMILES string of the molecule is O=C(NCCC1CN(C(=O)c2ccc3[nH]ncc3c2)C1)c1ccc(O)c(CO)c1. The second-order valence-electron chi connectivity index (χ2n) is 7.29. The maximum atomic E-state index is 12.6. The molecule has 3 aromatic rings. The third-order valence-corrected chi connectivity index (χ3v) is 5.28. The fourth-order valence-electron chi connectivity index (χ4n) is 3.52. The number of aliphatic hydroxyl groups is 1. The van der Waals surface area contributed by atoms with E-state index in [1.807, 2.05) is 12.1 Å². The summed E-state index contributed by atoms with van der Waals surface area (Å²) in [7, 11) is 0. The van der Waals surface area contributed by atoms with E-state index in [2.05, 4.69) is 15.5 Å².